The van der Waals surface area contributed by atoms with Crippen LogP contribution < -0.4 is 16.0 Å². The van der Waals surface area contributed by atoms with Crippen molar-refractivity contribution >= 4 is 17.8 Å². The summed E-state index contributed by atoms with van der Waals surface area (Å²) in [6, 6.07) is -1.67. The van der Waals surface area contributed by atoms with Crippen molar-refractivity contribution in [1.82, 2.24) is 16.0 Å². The number of hydrogen-bond acceptors (Lipinski definition) is 4. The van der Waals surface area contributed by atoms with Crippen molar-refractivity contribution in [2.75, 3.05) is 7.05 Å². The summed E-state index contributed by atoms with van der Waals surface area (Å²) in [5.74, 6) is -1.61. The molecule has 0 aliphatic carbocycles. The van der Waals surface area contributed by atoms with E-state index in [0.29, 0.717) is 0 Å². The molecule has 0 unspecified atom stereocenters. The molecule has 3 atom stereocenters. The maximum Gasteiger partial charge on any atom is 0.331 e. The third-order valence-corrected chi connectivity index (χ3v) is 4.63. The predicted octanol–water partition coefficient (Wildman–Crippen LogP) is 2.32. The van der Waals surface area contributed by atoms with Gasteiger partial charge in [-0.05, 0) is 30.7 Å². The van der Waals surface area contributed by atoms with Gasteiger partial charge in [-0.2, -0.15) is 0 Å². The molecule has 7 nitrogen and oxygen atoms in total. The Kier molecular flexibility index (Phi) is 9.37. The van der Waals surface area contributed by atoms with E-state index in [1.807, 2.05) is 55.4 Å². The van der Waals surface area contributed by atoms with Crippen molar-refractivity contribution in [3.8, 4) is 0 Å². The average Bonchev–Trinajstić information content (AvgIpc) is 2.49. The molecule has 0 aliphatic heterocycles. The van der Waals surface area contributed by atoms with Crippen molar-refractivity contribution in [2.45, 2.75) is 80.4 Å². The Morgan fingerprint density at radius 1 is 0.857 bits per heavy atom. The van der Waals surface area contributed by atoms with Crippen LogP contribution in [0.2, 0.25) is 0 Å². The van der Waals surface area contributed by atoms with Gasteiger partial charge in [0, 0.05) is 5.57 Å². The molecule has 0 radical (unpaired) electrons. The molecule has 0 aromatic carbocycles. The average molecular weight is 398 g/mol. The number of amides is 2. The fourth-order valence-corrected chi connectivity index (χ4v) is 2.85. The number of carbonyl (C=O) groups is 3. The normalized spacial score (nSPS) is 16.3. The number of carboxylic acid groups (broad SMARTS) is 1. The van der Waals surface area contributed by atoms with Crippen LogP contribution in [0, 0.1) is 16.7 Å². The summed E-state index contributed by atoms with van der Waals surface area (Å²) < 4.78 is 0. The summed E-state index contributed by atoms with van der Waals surface area (Å²) >= 11 is 0. The third kappa shape index (κ3) is 8.00. The third-order valence-electron chi connectivity index (χ3n) is 4.63. The van der Waals surface area contributed by atoms with Crippen LogP contribution in [0.4, 0.5) is 0 Å². The molecule has 2 amide bonds. The zero-order chi connectivity index (χ0) is 22.4. The summed E-state index contributed by atoms with van der Waals surface area (Å²) in [6.45, 7) is 16.8. The first-order valence-corrected chi connectivity index (χ1v) is 9.72. The second kappa shape index (κ2) is 10.0. The summed E-state index contributed by atoms with van der Waals surface area (Å²) in [4.78, 5) is 37.0. The van der Waals surface area contributed by atoms with Gasteiger partial charge in [-0.25, -0.2) is 4.79 Å². The van der Waals surface area contributed by atoms with E-state index in [4.69, 9.17) is 5.11 Å². The van der Waals surface area contributed by atoms with Gasteiger partial charge in [0.2, 0.25) is 11.8 Å². The Hall–Kier alpha value is -1.89. The van der Waals surface area contributed by atoms with Crippen LogP contribution in [0.1, 0.15) is 62.3 Å². The van der Waals surface area contributed by atoms with E-state index in [0.717, 1.165) is 0 Å². The number of carbonyl (C=O) groups excluding carboxylic acids is 2. The van der Waals surface area contributed by atoms with Crippen LogP contribution in [-0.2, 0) is 14.4 Å². The van der Waals surface area contributed by atoms with Gasteiger partial charge < -0.3 is 21.1 Å². The van der Waals surface area contributed by atoms with Crippen molar-refractivity contribution in [2.24, 2.45) is 16.7 Å². The lowest BCUT2D eigenvalue weighted by atomic mass is 9.83. The highest BCUT2D eigenvalue weighted by atomic mass is 16.4. The van der Waals surface area contributed by atoms with E-state index in [1.54, 1.807) is 7.05 Å². The molecular weight excluding hydrogens is 358 g/mol. The van der Waals surface area contributed by atoms with Crippen LogP contribution in [0.5, 0.6) is 0 Å². The van der Waals surface area contributed by atoms with Crippen molar-refractivity contribution in [3.05, 3.63) is 11.6 Å². The lowest BCUT2D eigenvalue weighted by Crippen LogP contribution is -2.60. The lowest BCUT2D eigenvalue weighted by Gasteiger charge is -2.35. The molecule has 7 heteroatoms. The highest BCUT2D eigenvalue weighted by Crippen LogP contribution is 2.23. The number of nitrogens with one attached hydrogen (secondary N) is 3. The number of carboxylic acids is 1. The van der Waals surface area contributed by atoms with Gasteiger partial charge in [0.05, 0.1) is 12.1 Å². The summed E-state index contributed by atoms with van der Waals surface area (Å²) in [5, 5.41) is 17.9. The Morgan fingerprint density at radius 2 is 1.29 bits per heavy atom. The minimum absolute atomic E-state index is 0.00537. The molecule has 4 N–H and O–H groups in total. The standard InChI is InChI=1S/C21H39N3O4/c1-12(2)14(11-13(3)19(27)28)23-18(26)16(21(7,8)9)24-17(25)15(22-10)20(4,5)6/h11-12,14-16,22H,1-10H3,(H,23,26)(H,24,25)(H,27,28)/t14-,15-,16-/m1/s1. The van der Waals surface area contributed by atoms with E-state index >= 15 is 0 Å². The van der Waals surface area contributed by atoms with Crippen molar-refractivity contribution in [1.29, 1.82) is 0 Å². The van der Waals surface area contributed by atoms with Crippen LogP contribution in [0.3, 0.4) is 0 Å². The van der Waals surface area contributed by atoms with Gasteiger partial charge >= 0.3 is 5.97 Å². The molecule has 0 spiro atoms. The largest absolute Gasteiger partial charge is 0.478 e. The van der Waals surface area contributed by atoms with Gasteiger partial charge in [0.15, 0.2) is 0 Å². The van der Waals surface area contributed by atoms with Crippen LogP contribution >= 0.6 is 0 Å². The molecular formula is C21H39N3O4. The predicted molar refractivity (Wildman–Crippen MR) is 112 cm³/mol. The first-order valence-electron chi connectivity index (χ1n) is 9.72. The van der Waals surface area contributed by atoms with E-state index < -0.39 is 29.5 Å². The number of rotatable bonds is 8. The number of aliphatic carboxylic acids is 1. The fourth-order valence-electron chi connectivity index (χ4n) is 2.85. The van der Waals surface area contributed by atoms with E-state index in [2.05, 4.69) is 16.0 Å². The second-order valence-electron chi connectivity index (χ2n) is 9.83. The number of likely N-dealkylation sites (N-methyl/N-ethyl adjacent to an activating group) is 1. The van der Waals surface area contributed by atoms with Gasteiger partial charge in [-0.1, -0.05) is 61.5 Å². The highest BCUT2D eigenvalue weighted by Gasteiger charge is 2.37. The van der Waals surface area contributed by atoms with E-state index in [1.165, 1.54) is 13.0 Å². The quantitative estimate of drug-likeness (QED) is 0.470. The SMILES string of the molecule is CN[C@H](C(=O)N[C@H](C(=O)N[C@H](C=C(C)C(=O)O)C(C)C)C(C)(C)C)C(C)(C)C. The first kappa shape index (κ1) is 26.1. The minimum atomic E-state index is -1.03. The Bertz CT molecular complexity index is 598. The topological polar surface area (TPSA) is 108 Å². The maximum atomic E-state index is 13.0. The van der Waals surface area contributed by atoms with Crippen molar-refractivity contribution in [3.63, 3.8) is 0 Å². The maximum absolute atomic E-state index is 13.0. The summed E-state index contributed by atoms with van der Waals surface area (Å²) in [7, 11) is 1.72. The Labute approximate surface area is 169 Å². The van der Waals surface area contributed by atoms with Gasteiger partial charge in [0.1, 0.15) is 6.04 Å². The molecule has 0 bridgehead atoms. The summed E-state index contributed by atoms with van der Waals surface area (Å²) in [5.41, 5.74) is -0.680. The molecule has 0 fully saturated rings. The van der Waals surface area contributed by atoms with Crippen LogP contribution in [0.25, 0.3) is 0 Å². The smallest absolute Gasteiger partial charge is 0.331 e. The number of hydrogen-bond donors (Lipinski definition) is 4. The molecule has 0 heterocycles. The van der Waals surface area contributed by atoms with Gasteiger partial charge in [0.25, 0.3) is 0 Å². The Morgan fingerprint density at radius 3 is 1.61 bits per heavy atom. The van der Waals surface area contributed by atoms with Crippen LogP contribution in [0.15, 0.2) is 11.6 Å². The van der Waals surface area contributed by atoms with E-state index in [9.17, 15) is 14.4 Å². The monoisotopic (exact) mass is 397 g/mol. The lowest BCUT2D eigenvalue weighted by molar-refractivity contribution is -0.134. The molecule has 0 saturated carbocycles. The molecule has 28 heavy (non-hydrogen) atoms. The van der Waals surface area contributed by atoms with Gasteiger partial charge in [-0.3, -0.25) is 9.59 Å². The first-order chi connectivity index (χ1) is 12.5. The molecule has 0 rings (SSSR count). The molecule has 0 aliphatic rings. The zero-order valence-electron chi connectivity index (χ0n) is 19.1. The van der Waals surface area contributed by atoms with Gasteiger partial charge in [-0.15, -0.1) is 0 Å². The molecule has 0 aromatic heterocycles. The fraction of sp³-hybridized carbons (Fsp3) is 0.762. The molecule has 0 aromatic rings. The second-order valence-corrected chi connectivity index (χ2v) is 9.83. The molecule has 0 saturated heterocycles. The minimum Gasteiger partial charge on any atom is -0.478 e. The zero-order valence-corrected chi connectivity index (χ0v) is 19.1. The molecule has 162 valence electrons. The van der Waals surface area contributed by atoms with Crippen molar-refractivity contribution < 1.29 is 19.5 Å². The Balaban J connectivity index is 5.62. The van der Waals surface area contributed by atoms with E-state index in [-0.39, 0.29) is 28.7 Å². The highest BCUT2D eigenvalue weighted by molar-refractivity contribution is 5.91. The van der Waals surface area contributed by atoms with Crippen LogP contribution in [-0.4, -0.2) is 48.1 Å². The summed E-state index contributed by atoms with van der Waals surface area (Å²) in [6.07, 6.45) is 1.54.